The van der Waals surface area contributed by atoms with Gasteiger partial charge in [0.15, 0.2) is 5.58 Å². The van der Waals surface area contributed by atoms with Crippen molar-refractivity contribution in [3.8, 4) is 22.6 Å². The topological polar surface area (TPSA) is 42.4 Å². The predicted octanol–water partition coefficient (Wildman–Crippen LogP) is 12.8. The Morgan fingerprint density at radius 3 is 1.92 bits per heavy atom. The molecule has 4 heteroatoms. The Kier molecular flexibility index (Phi) is 6.15. The minimum absolute atomic E-state index is 0.619. The minimum Gasteiger partial charge on any atom is -0.456 e. The largest absolute Gasteiger partial charge is 0.456 e. The highest BCUT2D eigenvalue weighted by molar-refractivity contribution is 6.22. The lowest BCUT2D eigenvalue weighted by Crippen LogP contribution is -2.10. The average molecular weight is 629 g/mol. The third-order valence-electron chi connectivity index (χ3n) is 9.47. The first-order valence-electron chi connectivity index (χ1n) is 16.5. The van der Waals surface area contributed by atoms with E-state index in [-0.39, 0.29) is 0 Å². The number of aromatic nitrogens is 1. The van der Waals surface area contributed by atoms with Crippen molar-refractivity contribution < 1.29 is 8.83 Å². The van der Waals surface area contributed by atoms with Crippen molar-refractivity contribution in [2.45, 2.75) is 0 Å². The van der Waals surface area contributed by atoms with Crippen LogP contribution < -0.4 is 4.90 Å². The second kappa shape index (κ2) is 11.0. The number of furan rings is 1. The summed E-state index contributed by atoms with van der Waals surface area (Å²) in [5.41, 5.74) is 9.81. The average Bonchev–Trinajstić information content (AvgIpc) is 3.78. The molecule has 0 amide bonds. The quantitative estimate of drug-likeness (QED) is 0.178. The number of rotatable bonds is 5. The Labute approximate surface area is 282 Å². The van der Waals surface area contributed by atoms with Crippen LogP contribution in [0.1, 0.15) is 0 Å². The Balaban J connectivity index is 1.15. The van der Waals surface area contributed by atoms with Crippen LogP contribution in [0, 0.1) is 0 Å². The van der Waals surface area contributed by atoms with E-state index in [4.69, 9.17) is 13.8 Å². The van der Waals surface area contributed by atoms with Crippen LogP contribution in [-0.2, 0) is 0 Å². The summed E-state index contributed by atoms with van der Waals surface area (Å²) >= 11 is 0. The molecular weight excluding hydrogens is 601 g/mol. The van der Waals surface area contributed by atoms with Gasteiger partial charge in [0.1, 0.15) is 16.7 Å². The first-order valence-corrected chi connectivity index (χ1v) is 16.5. The molecule has 2 heterocycles. The number of para-hydroxylation sites is 2. The molecule has 10 aromatic rings. The number of nitrogens with zero attached hydrogens (tertiary/aromatic N) is 2. The second-order valence-corrected chi connectivity index (χ2v) is 12.4. The monoisotopic (exact) mass is 628 g/mol. The van der Waals surface area contributed by atoms with Gasteiger partial charge in [-0.25, -0.2) is 4.98 Å². The normalized spacial score (nSPS) is 11.7. The minimum atomic E-state index is 0.619. The number of anilines is 3. The van der Waals surface area contributed by atoms with Crippen LogP contribution in [0.15, 0.2) is 179 Å². The van der Waals surface area contributed by atoms with Crippen LogP contribution in [0.4, 0.5) is 17.1 Å². The zero-order chi connectivity index (χ0) is 32.3. The van der Waals surface area contributed by atoms with Crippen molar-refractivity contribution in [1.82, 2.24) is 4.98 Å². The predicted molar refractivity (Wildman–Crippen MR) is 202 cm³/mol. The van der Waals surface area contributed by atoms with Crippen LogP contribution in [-0.4, -0.2) is 4.98 Å². The fourth-order valence-electron chi connectivity index (χ4n) is 7.15. The van der Waals surface area contributed by atoms with Crippen LogP contribution in [0.2, 0.25) is 0 Å². The van der Waals surface area contributed by atoms with Crippen LogP contribution >= 0.6 is 0 Å². The molecule has 8 aromatic carbocycles. The van der Waals surface area contributed by atoms with Gasteiger partial charge in [0.2, 0.25) is 5.89 Å². The second-order valence-electron chi connectivity index (χ2n) is 12.4. The summed E-state index contributed by atoms with van der Waals surface area (Å²) in [5.74, 6) is 0.619. The molecular formula is C45H28N2O2. The number of hydrogen-bond donors (Lipinski definition) is 0. The van der Waals surface area contributed by atoms with Crippen molar-refractivity contribution in [2.75, 3.05) is 4.90 Å². The number of fused-ring (bicyclic) bond motifs is 8. The van der Waals surface area contributed by atoms with Gasteiger partial charge in [-0.1, -0.05) is 97.1 Å². The molecule has 0 atom stereocenters. The molecule has 0 radical (unpaired) electrons. The van der Waals surface area contributed by atoms with E-state index < -0.39 is 0 Å². The third kappa shape index (κ3) is 4.49. The molecule has 0 N–H and O–H groups in total. The fraction of sp³-hybridized carbons (Fsp3) is 0. The van der Waals surface area contributed by atoms with Crippen molar-refractivity contribution >= 4 is 71.6 Å². The zero-order valence-electron chi connectivity index (χ0n) is 26.4. The number of oxazole rings is 1. The molecule has 0 fully saturated rings. The lowest BCUT2D eigenvalue weighted by atomic mass is 9.98. The van der Waals surface area contributed by atoms with Crippen LogP contribution in [0.3, 0.4) is 0 Å². The number of benzene rings is 8. The lowest BCUT2D eigenvalue weighted by Gasteiger charge is -2.27. The molecule has 0 spiro atoms. The highest BCUT2D eigenvalue weighted by Crippen LogP contribution is 2.45. The van der Waals surface area contributed by atoms with Gasteiger partial charge in [0, 0.05) is 38.5 Å². The third-order valence-corrected chi connectivity index (χ3v) is 9.47. The Bertz CT molecular complexity index is 2820. The van der Waals surface area contributed by atoms with Gasteiger partial charge >= 0.3 is 0 Å². The standard InChI is InChI=1S/C45H28N2O2/c1-3-11-30(12-4-1)45-46-39-26-25-38-40(27-32-13-7-8-16-35(32)43(38)44(39)49-45)47(33-14-5-2-6-15-33)34-22-19-29(20-23-34)31-21-24-37-36-17-9-10-18-41(36)48-42(37)28-31/h1-28H. The molecule has 49 heavy (non-hydrogen) atoms. The van der Waals surface area contributed by atoms with Crippen molar-refractivity contribution in [3.05, 3.63) is 170 Å². The van der Waals surface area contributed by atoms with E-state index in [1.807, 2.05) is 42.5 Å². The van der Waals surface area contributed by atoms with Crippen molar-refractivity contribution in [1.29, 1.82) is 0 Å². The maximum Gasteiger partial charge on any atom is 0.227 e. The summed E-state index contributed by atoms with van der Waals surface area (Å²) < 4.78 is 12.8. The summed E-state index contributed by atoms with van der Waals surface area (Å²) in [6.07, 6.45) is 0. The summed E-state index contributed by atoms with van der Waals surface area (Å²) in [6.45, 7) is 0. The first kappa shape index (κ1) is 27.5. The summed E-state index contributed by atoms with van der Waals surface area (Å²) in [6, 6.07) is 59.2. The van der Waals surface area contributed by atoms with E-state index in [1.165, 1.54) is 0 Å². The van der Waals surface area contributed by atoms with E-state index in [9.17, 15) is 0 Å². The van der Waals surface area contributed by atoms with E-state index in [1.54, 1.807) is 0 Å². The molecule has 0 aliphatic carbocycles. The SMILES string of the molecule is c1ccc(-c2nc3ccc4c(N(c5ccccc5)c5ccc(-c6ccc7c(c6)oc6ccccc67)cc5)cc5ccccc5c4c3o2)cc1. The molecule has 230 valence electrons. The summed E-state index contributed by atoms with van der Waals surface area (Å²) in [5, 5.41) is 6.67. The Hall–Kier alpha value is -6.65. The smallest absolute Gasteiger partial charge is 0.227 e. The maximum absolute atomic E-state index is 6.60. The molecule has 0 saturated heterocycles. The van der Waals surface area contributed by atoms with Gasteiger partial charge < -0.3 is 13.7 Å². The van der Waals surface area contributed by atoms with E-state index >= 15 is 0 Å². The van der Waals surface area contributed by atoms with Gasteiger partial charge in [-0.2, -0.15) is 0 Å². The van der Waals surface area contributed by atoms with Crippen LogP contribution in [0.5, 0.6) is 0 Å². The van der Waals surface area contributed by atoms with Gasteiger partial charge in [0.05, 0.1) is 5.69 Å². The molecule has 0 bridgehead atoms. The zero-order valence-corrected chi connectivity index (χ0v) is 26.4. The molecule has 0 unspecified atom stereocenters. The van der Waals surface area contributed by atoms with E-state index in [2.05, 4.69) is 132 Å². The molecule has 0 aliphatic heterocycles. The van der Waals surface area contributed by atoms with Gasteiger partial charge in [-0.3, -0.25) is 0 Å². The molecule has 4 nitrogen and oxygen atoms in total. The molecule has 0 aliphatic rings. The van der Waals surface area contributed by atoms with E-state index in [0.717, 1.165) is 88.3 Å². The Morgan fingerprint density at radius 1 is 0.429 bits per heavy atom. The summed E-state index contributed by atoms with van der Waals surface area (Å²) in [7, 11) is 0. The van der Waals surface area contributed by atoms with Crippen molar-refractivity contribution in [2.24, 2.45) is 0 Å². The van der Waals surface area contributed by atoms with Gasteiger partial charge in [-0.05, 0) is 94.7 Å². The number of hydrogen-bond acceptors (Lipinski definition) is 4. The van der Waals surface area contributed by atoms with Gasteiger partial charge in [-0.15, -0.1) is 0 Å². The fourth-order valence-corrected chi connectivity index (χ4v) is 7.15. The maximum atomic E-state index is 6.60. The first-order chi connectivity index (χ1) is 24.3. The highest BCUT2D eigenvalue weighted by Gasteiger charge is 2.21. The Morgan fingerprint density at radius 2 is 1.08 bits per heavy atom. The van der Waals surface area contributed by atoms with Gasteiger partial charge in [0.25, 0.3) is 0 Å². The van der Waals surface area contributed by atoms with E-state index in [0.29, 0.717) is 5.89 Å². The highest BCUT2D eigenvalue weighted by atomic mass is 16.3. The molecule has 10 rings (SSSR count). The lowest BCUT2D eigenvalue weighted by molar-refractivity contribution is 0.623. The summed E-state index contributed by atoms with van der Waals surface area (Å²) in [4.78, 5) is 7.25. The molecule has 0 saturated carbocycles. The molecule has 2 aromatic heterocycles. The van der Waals surface area contributed by atoms with Crippen LogP contribution in [0.25, 0.3) is 77.2 Å². The van der Waals surface area contributed by atoms with Crippen molar-refractivity contribution in [3.63, 3.8) is 0 Å².